The quantitative estimate of drug-likeness (QED) is 0.592. The molecule has 1 N–H and O–H groups in total. The Labute approximate surface area is 164 Å². The van der Waals surface area contributed by atoms with Gasteiger partial charge in [-0.25, -0.2) is 0 Å². The van der Waals surface area contributed by atoms with Crippen molar-refractivity contribution in [3.05, 3.63) is 57.1 Å². The van der Waals surface area contributed by atoms with E-state index in [1.807, 2.05) is 39.0 Å². The van der Waals surface area contributed by atoms with E-state index in [9.17, 15) is 10.1 Å². The van der Waals surface area contributed by atoms with Crippen LogP contribution in [-0.4, -0.2) is 20.1 Å². The number of aryl methyl sites for hydroxylation is 3. The standard InChI is InChI=1S/C21H21ClN2O3/c1-12-6-13(2)19(14(3)7-12)24-21(25)16(11-23)8-15-9-17(22)20(27-5)18(10-15)26-4/h6-10H,1-5H3,(H,24,25). The van der Waals surface area contributed by atoms with Crippen LogP contribution in [0.25, 0.3) is 6.08 Å². The van der Waals surface area contributed by atoms with Gasteiger partial charge in [-0.3, -0.25) is 4.79 Å². The largest absolute Gasteiger partial charge is 0.493 e. The number of methoxy groups -OCH3 is 2. The average molecular weight is 385 g/mol. The van der Waals surface area contributed by atoms with Gasteiger partial charge in [0.15, 0.2) is 11.5 Å². The molecule has 0 atom stereocenters. The molecule has 2 aromatic rings. The van der Waals surface area contributed by atoms with Gasteiger partial charge in [0.25, 0.3) is 5.91 Å². The molecule has 0 aliphatic rings. The maximum Gasteiger partial charge on any atom is 0.266 e. The molecule has 0 aliphatic carbocycles. The molecule has 0 saturated heterocycles. The Hall–Kier alpha value is -2.97. The minimum absolute atomic E-state index is 0.0438. The molecule has 6 heteroatoms. The van der Waals surface area contributed by atoms with E-state index in [0.717, 1.165) is 16.7 Å². The fraction of sp³-hybridized carbons (Fsp3) is 0.238. The summed E-state index contributed by atoms with van der Waals surface area (Å²) in [5.41, 5.74) is 4.20. The molecule has 2 rings (SSSR count). The minimum Gasteiger partial charge on any atom is -0.493 e. The van der Waals surface area contributed by atoms with Gasteiger partial charge < -0.3 is 14.8 Å². The second-order valence-corrected chi connectivity index (χ2v) is 6.54. The highest BCUT2D eigenvalue weighted by molar-refractivity contribution is 6.32. The summed E-state index contributed by atoms with van der Waals surface area (Å²) in [5.74, 6) is 0.322. The molecule has 5 nitrogen and oxygen atoms in total. The van der Waals surface area contributed by atoms with E-state index >= 15 is 0 Å². The second-order valence-electron chi connectivity index (χ2n) is 6.14. The first-order valence-corrected chi connectivity index (χ1v) is 8.61. The summed E-state index contributed by atoms with van der Waals surface area (Å²) < 4.78 is 10.4. The SMILES string of the molecule is COc1cc(C=C(C#N)C(=O)Nc2c(C)cc(C)cc2C)cc(Cl)c1OC. The van der Waals surface area contributed by atoms with Gasteiger partial charge in [-0.1, -0.05) is 29.3 Å². The molecular formula is C21H21ClN2O3. The van der Waals surface area contributed by atoms with Crippen molar-refractivity contribution in [1.29, 1.82) is 5.26 Å². The van der Waals surface area contributed by atoms with Crippen molar-refractivity contribution in [1.82, 2.24) is 0 Å². The van der Waals surface area contributed by atoms with Gasteiger partial charge in [0.2, 0.25) is 0 Å². The highest BCUT2D eigenvalue weighted by atomic mass is 35.5. The summed E-state index contributed by atoms with van der Waals surface area (Å²) in [6, 6.07) is 9.16. The average Bonchev–Trinajstić information content (AvgIpc) is 2.61. The number of hydrogen-bond acceptors (Lipinski definition) is 4. The fourth-order valence-corrected chi connectivity index (χ4v) is 3.19. The van der Waals surface area contributed by atoms with E-state index in [2.05, 4.69) is 5.32 Å². The third kappa shape index (κ3) is 4.60. The summed E-state index contributed by atoms with van der Waals surface area (Å²) in [7, 11) is 2.97. The smallest absolute Gasteiger partial charge is 0.266 e. The van der Waals surface area contributed by atoms with Crippen molar-refractivity contribution in [2.24, 2.45) is 0 Å². The van der Waals surface area contributed by atoms with Crippen LogP contribution >= 0.6 is 11.6 Å². The van der Waals surface area contributed by atoms with E-state index < -0.39 is 5.91 Å². The number of halogens is 1. The number of ether oxygens (including phenoxy) is 2. The Morgan fingerprint density at radius 2 is 1.74 bits per heavy atom. The van der Waals surface area contributed by atoms with Crippen molar-refractivity contribution in [3.8, 4) is 17.6 Å². The summed E-state index contributed by atoms with van der Waals surface area (Å²) in [6.45, 7) is 5.83. The van der Waals surface area contributed by atoms with Crippen LogP contribution in [-0.2, 0) is 4.79 Å². The molecule has 0 aromatic heterocycles. The Bertz CT molecular complexity index is 936. The first-order chi connectivity index (χ1) is 12.8. The predicted octanol–water partition coefficient (Wildman–Crippen LogP) is 4.83. The molecule has 0 radical (unpaired) electrons. The molecule has 0 unspecified atom stereocenters. The molecule has 0 saturated carbocycles. The molecule has 27 heavy (non-hydrogen) atoms. The van der Waals surface area contributed by atoms with Crippen LogP contribution in [0.2, 0.25) is 5.02 Å². The van der Waals surface area contributed by atoms with Crippen LogP contribution in [0.4, 0.5) is 5.69 Å². The molecule has 0 bridgehead atoms. The van der Waals surface area contributed by atoms with Gasteiger partial charge in [0, 0.05) is 5.69 Å². The van der Waals surface area contributed by atoms with E-state index in [1.54, 1.807) is 12.1 Å². The Kier molecular flexibility index (Phi) is 6.49. The number of carbonyl (C=O) groups excluding carboxylic acids is 1. The van der Waals surface area contributed by atoms with Crippen molar-refractivity contribution >= 4 is 29.3 Å². The third-order valence-electron chi connectivity index (χ3n) is 4.05. The van der Waals surface area contributed by atoms with Crippen LogP contribution in [0.5, 0.6) is 11.5 Å². The van der Waals surface area contributed by atoms with Crippen molar-refractivity contribution < 1.29 is 14.3 Å². The van der Waals surface area contributed by atoms with Gasteiger partial charge >= 0.3 is 0 Å². The zero-order valence-electron chi connectivity index (χ0n) is 15.9. The van der Waals surface area contributed by atoms with E-state index in [1.165, 1.54) is 20.3 Å². The lowest BCUT2D eigenvalue weighted by molar-refractivity contribution is -0.112. The lowest BCUT2D eigenvalue weighted by Crippen LogP contribution is -2.15. The highest BCUT2D eigenvalue weighted by Crippen LogP contribution is 2.36. The lowest BCUT2D eigenvalue weighted by Gasteiger charge is -2.13. The molecule has 1 amide bonds. The summed E-state index contributed by atoms with van der Waals surface area (Å²) in [6.07, 6.45) is 1.46. The predicted molar refractivity (Wildman–Crippen MR) is 107 cm³/mol. The van der Waals surface area contributed by atoms with Gasteiger partial charge in [-0.15, -0.1) is 0 Å². The molecule has 0 fully saturated rings. The van der Waals surface area contributed by atoms with Gasteiger partial charge in [-0.2, -0.15) is 5.26 Å². The van der Waals surface area contributed by atoms with Crippen LogP contribution in [0, 0.1) is 32.1 Å². The van der Waals surface area contributed by atoms with Crippen LogP contribution in [0.3, 0.4) is 0 Å². The summed E-state index contributed by atoms with van der Waals surface area (Å²) in [4.78, 5) is 12.6. The third-order valence-corrected chi connectivity index (χ3v) is 4.33. The maximum atomic E-state index is 12.6. The van der Waals surface area contributed by atoms with Crippen molar-refractivity contribution in [2.75, 3.05) is 19.5 Å². The number of nitriles is 1. The summed E-state index contributed by atoms with van der Waals surface area (Å²) >= 11 is 6.19. The minimum atomic E-state index is -0.488. The van der Waals surface area contributed by atoms with Gasteiger partial charge in [0.05, 0.1) is 19.2 Å². The monoisotopic (exact) mass is 384 g/mol. The van der Waals surface area contributed by atoms with Gasteiger partial charge in [-0.05, 0) is 55.7 Å². The van der Waals surface area contributed by atoms with Crippen molar-refractivity contribution in [2.45, 2.75) is 20.8 Å². The fourth-order valence-electron chi connectivity index (χ4n) is 2.89. The molecule has 0 heterocycles. The zero-order valence-corrected chi connectivity index (χ0v) is 16.7. The van der Waals surface area contributed by atoms with Crippen molar-refractivity contribution in [3.63, 3.8) is 0 Å². The maximum absolute atomic E-state index is 12.6. The molecule has 0 spiro atoms. The number of nitrogens with zero attached hydrogens (tertiary/aromatic N) is 1. The first-order valence-electron chi connectivity index (χ1n) is 8.23. The normalized spacial score (nSPS) is 10.9. The second kappa shape index (κ2) is 8.61. The molecular weight excluding hydrogens is 364 g/mol. The number of nitrogens with one attached hydrogen (secondary N) is 1. The van der Waals surface area contributed by atoms with Gasteiger partial charge in [0.1, 0.15) is 11.6 Å². The number of benzene rings is 2. The van der Waals surface area contributed by atoms with Crippen LogP contribution in [0.15, 0.2) is 29.8 Å². The Morgan fingerprint density at radius 3 is 2.26 bits per heavy atom. The Morgan fingerprint density at radius 1 is 1.11 bits per heavy atom. The van der Waals surface area contributed by atoms with Crippen LogP contribution < -0.4 is 14.8 Å². The topological polar surface area (TPSA) is 71.3 Å². The molecule has 140 valence electrons. The highest BCUT2D eigenvalue weighted by Gasteiger charge is 2.15. The number of amides is 1. The number of carbonyl (C=O) groups is 1. The Balaban J connectivity index is 2.38. The number of hydrogen-bond donors (Lipinski definition) is 1. The summed E-state index contributed by atoms with van der Waals surface area (Å²) in [5, 5.41) is 12.6. The number of anilines is 1. The first kappa shape index (κ1) is 20.3. The molecule has 0 aliphatic heterocycles. The van der Waals surface area contributed by atoms with E-state index in [-0.39, 0.29) is 5.57 Å². The zero-order chi connectivity index (χ0) is 20.1. The molecule has 2 aromatic carbocycles. The van der Waals surface area contributed by atoms with E-state index in [4.69, 9.17) is 21.1 Å². The number of rotatable bonds is 5. The van der Waals surface area contributed by atoms with E-state index in [0.29, 0.717) is 27.8 Å². The lowest BCUT2D eigenvalue weighted by atomic mass is 10.0. The van der Waals surface area contributed by atoms with Crippen LogP contribution in [0.1, 0.15) is 22.3 Å².